The molecule has 1 aliphatic rings. The van der Waals surface area contributed by atoms with Crippen molar-refractivity contribution in [3.8, 4) is 0 Å². The summed E-state index contributed by atoms with van der Waals surface area (Å²) in [5.74, 6) is -1.25. The Bertz CT molecular complexity index is 746. The number of amides is 1. The number of carbonyl (C=O) groups excluding carboxylic acids is 1. The minimum atomic E-state index is -0.725. The van der Waals surface area contributed by atoms with Crippen LogP contribution in [0.2, 0.25) is 0 Å². The summed E-state index contributed by atoms with van der Waals surface area (Å²) in [6.45, 7) is 7.80. The molecule has 138 valence electrons. The molecule has 2 aromatic rings. The van der Waals surface area contributed by atoms with Crippen molar-refractivity contribution in [1.82, 2.24) is 9.80 Å². The van der Waals surface area contributed by atoms with Crippen LogP contribution < -0.4 is 0 Å². The first-order valence-electron chi connectivity index (χ1n) is 8.99. The third-order valence-electron chi connectivity index (χ3n) is 4.82. The lowest BCUT2D eigenvalue weighted by atomic mass is 10.0. The number of hydrogen-bond acceptors (Lipinski definition) is 2. The molecule has 3 nitrogen and oxygen atoms in total. The molecule has 0 radical (unpaired) electrons. The van der Waals surface area contributed by atoms with E-state index in [0.717, 1.165) is 37.8 Å². The second-order valence-corrected chi connectivity index (χ2v) is 7.12. The number of rotatable bonds is 4. The van der Waals surface area contributed by atoms with Crippen LogP contribution in [-0.2, 0) is 6.54 Å². The molecule has 1 fully saturated rings. The molecule has 0 atom stereocenters. The molecular formula is C21H24F2N2O. The molecule has 3 rings (SSSR count). The Labute approximate surface area is 153 Å². The van der Waals surface area contributed by atoms with E-state index in [4.69, 9.17) is 0 Å². The van der Waals surface area contributed by atoms with Gasteiger partial charge in [-0.3, -0.25) is 9.69 Å². The van der Waals surface area contributed by atoms with E-state index < -0.39 is 11.6 Å². The lowest BCUT2D eigenvalue weighted by Crippen LogP contribution is -2.48. The van der Waals surface area contributed by atoms with Crippen LogP contribution in [0.25, 0.3) is 0 Å². The zero-order valence-electron chi connectivity index (χ0n) is 15.2. The number of benzene rings is 2. The van der Waals surface area contributed by atoms with E-state index in [9.17, 15) is 13.6 Å². The quantitative estimate of drug-likeness (QED) is 0.823. The van der Waals surface area contributed by atoms with Gasteiger partial charge in [0.05, 0.1) is 0 Å². The van der Waals surface area contributed by atoms with Crippen LogP contribution in [0.3, 0.4) is 0 Å². The molecule has 0 spiro atoms. The normalized spacial score (nSPS) is 15.5. The van der Waals surface area contributed by atoms with Gasteiger partial charge in [0, 0.05) is 44.4 Å². The molecule has 0 bridgehead atoms. The average molecular weight is 358 g/mol. The lowest BCUT2D eigenvalue weighted by Gasteiger charge is -2.34. The van der Waals surface area contributed by atoms with Gasteiger partial charge in [0.1, 0.15) is 11.6 Å². The summed E-state index contributed by atoms with van der Waals surface area (Å²) < 4.78 is 26.6. The van der Waals surface area contributed by atoms with E-state index in [1.165, 1.54) is 11.1 Å². The van der Waals surface area contributed by atoms with Crippen molar-refractivity contribution in [3.63, 3.8) is 0 Å². The van der Waals surface area contributed by atoms with Crippen LogP contribution in [0.1, 0.15) is 41.3 Å². The molecule has 0 saturated carbocycles. The van der Waals surface area contributed by atoms with Crippen molar-refractivity contribution in [3.05, 3.63) is 70.8 Å². The number of halogens is 2. The largest absolute Gasteiger partial charge is 0.336 e. The average Bonchev–Trinajstić information content (AvgIpc) is 2.61. The van der Waals surface area contributed by atoms with E-state index >= 15 is 0 Å². The maximum atomic E-state index is 13.3. The fourth-order valence-electron chi connectivity index (χ4n) is 3.24. The molecule has 26 heavy (non-hydrogen) atoms. The van der Waals surface area contributed by atoms with Gasteiger partial charge in [0.2, 0.25) is 0 Å². The highest BCUT2D eigenvalue weighted by Gasteiger charge is 2.23. The van der Waals surface area contributed by atoms with Gasteiger partial charge in [0.25, 0.3) is 5.91 Å². The molecule has 0 aliphatic carbocycles. The number of nitrogens with zero attached hydrogens (tertiary/aromatic N) is 2. The Balaban J connectivity index is 1.56. The Morgan fingerprint density at radius 3 is 2.08 bits per heavy atom. The first-order chi connectivity index (χ1) is 12.4. The number of carbonyl (C=O) groups is 1. The SMILES string of the molecule is CC(C)c1ccc(CN2CCN(C(=O)c3cc(F)cc(F)c3)CC2)cc1. The summed E-state index contributed by atoms with van der Waals surface area (Å²) in [5, 5.41) is 0. The third-order valence-corrected chi connectivity index (χ3v) is 4.82. The van der Waals surface area contributed by atoms with Crippen molar-refractivity contribution >= 4 is 5.91 Å². The highest BCUT2D eigenvalue weighted by atomic mass is 19.1. The molecule has 1 heterocycles. The predicted molar refractivity (Wildman–Crippen MR) is 98.1 cm³/mol. The van der Waals surface area contributed by atoms with Crippen molar-refractivity contribution in [2.45, 2.75) is 26.3 Å². The van der Waals surface area contributed by atoms with E-state index in [0.29, 0.717) is 19.0 Å². The maximum absolute atomic E-state index is 13.3. The molecule has 0 N–H and O–H groups in total. The molecular weight excluding hydrogens is 334 g/mol. The van der Waals surface area contributed by atoms with Crippen LogP contribution in [0.15, 0.2) is 42.5 Å². The number of piperazine rings is 1. The second kappa shape index (κ2) is 7.96. The molecule has 0 aromatic heterocycles. The molecule has 1 saturated heterocycles. The zero-order chi connectivity index (χ0) is 18.7. The second-order valence-electron chi connectivity index (χ2n) is 7.12. The molecule has 0 unspecified atom stereocenters. The summed E-state index contributed by atoms with van der Waals surface area (Å²) in [6, 6.07) is 11.6. The van der Waals surface area contributed by atoms with Gasteiger partial charge < -0.3 is 4.90 Å². The highest BCUT2D eigenvalue weighted by Crippen LogP contribution is 2.17. The van der Waals surface area contributed by atoms with Gasteiger partial charge in [-0.05, 0) is 29.2 Å². The molecule has 1 amide bonds. The highest BCUT2D eigenvalue weighted by molar-refractivity contribution is 5.94. The monoisotopic (exact) mass is 358 g/mol. The Hall–Kier alpha value is -2.27. The van der Waals surface area contributed by atoms with Crippen LogP contribution in [0, 0.1) is 11.6 Å². The minimum Gasteiger partial charge on any atom is -0.336 e. The maximum Gasteiger partial charge on any atom is 0.254 e. The summed E-state index contributed by atoms with van der Waals surface area (Å²) in [7, 11) is 0. The van der Waals surface area contributed by atoms with Crippen LogP contribution in [-0.4, -0.2) is 41.9 Å². The van der Waals surface area contributed by atoms with Gasteiger partial charge in [-0.1, -0.05) is 38.1 Å². The van der Waals surface area contributed by atoms with E-state index in [-0.39, 0.29) is 11.5 Å². The molecule has 1 aliphatic heterocycles. The fourth-order valence-corrected chi connectivity index (χ4v) is 3.24. The van der Waals surface area contributed by atoms with E-state index in [1.807, 2.05) is 0 Å². The van der Waals surface area contributed by atoms with Crippen molar-refractivity contribution in [2.24, 2.45) is 0 Å². The van der Waals surface area contributed by atoms with Crippen LogP contribution in [0.4, 0.5) is 8.78 Å². The third kappa shape index (κ3) is 4.47. The first kappa shape index (κ1) is 18.5. The van der Waals surface area contributed by atoms with Gasteiger partial charge in [-0.2, -0.15) is 0 Å². The van der Waals surface area contributed by atoms with Crippen molar-refractivity contribution < 1.29 is 13.6 Å². The van der Waals surface area contributed by atoms with Gasteiger partial charge in [-0.25, -0.2) is 8.78 Å². The van der Waals surface area contributed by atoms with Gasteiger partial charge >= 0.3 is 0 Å². The van der Waals surface area contributed by atoms with Crippen LogP contribution in [0.5, 0.6) is 0 Å². The lowest BCUT2D eigenvalue weighted by molar-refractivity contribution is 0.0627. The van der Waals surface area contributed by atoms with Crippen LogP contribution >= 0.6 is 0 Å². The Kier molecular flexibility index (Phi) is 5.67. The Morgan fingerprint density at radius 2 is 1.54 bits per heavy atom. The summed E-state index contributed by atoms with van der Waals surface area (Å²) in [4.78, 5) is 16.4. The molecule has 2 aromatic carbocycles. The predicted octanol–water partition coefficient (Wildman–Crippen LogP) is 4.05. The fraction of sp³-hybridized carbons (Fsp3) is 0.381. The Morgan fingerprint density at radius 1 is 0.962 bits per heavy atom. The van der Waals surface area contributed by atoms with Gasteiger partial charge in [0.15, 0.2) is 0 Å². The van der Waals surface area contributed by atoms with E-state index in [1.54, 1.807) is 4.90 Å². The summed E-state index contributed by atoms with van der Waals surface area (Å²) >= 11 is 0. The smallest absolute Gasteiger partial charge is 0.254 e. The number of hydrogen-bond donors (Lipinski definition) is 0. The summed E-state index contributed by atoms with van der Waals surface area (Å²) in [5.41, 5.74) is 2.65. The standard InChI is InChI=1S/C21H24F2N2O/c1-15(2)17-5-3-16(4-6-17)14-24-7-9-25(10-8-24)21(26)18-11-19(22)13-20(23)12-18/h3-6,11-13,15H,7-10,14H2,1-2H3. The van der Waals surface area contributed by atoms with Crippen molar-refractivity contribution in [2.75, 3.05) is 26.2 Å². The first-order valence-corrected chi connectivity index (χ1v) is 8.99. The summed E-state index contributed by atoms with van der Waals surface area (Å²) in [6.07, 6.45) is 0. The zero-order valence-corrected chi connectivity index (χ0v) is 15.2. The minimum absolute atomic E-state index is 0.0697. The topological polar surface area (TPSA) is 23.6 Å². The van der Waals surface area contributed by atoms with E-state index in [2.05, 4.69) is 43.0 Å². The van der Waals surface area contributed by atoms with Gasteiger partial charge in [-0.15, -0.1) is 0 Å². The van der Waals surface area contributed by atoms with Crippen molar-refractivity contribution in [1.29, 1.82) is 0 Å². The molecule has 5 heteroatoms.